The highest BCUT2D eigenvalue weighted by Gasteiger charge is 2.04. The number of benzene rings is 1. The van der Waals surface area contributed by atoms with E-state index in [9.17, 15) is 0 Å². The van der Waals surface area contributed by atoms with Gasteiger partial charge in [-0.1, -0.05) is 19.9 Å². The molecule has 17 heavy (non-hydrogen) atoms. The molecule has 2 nitrogen and oxygen atoms in total. The number of ether oxygens (including phenoxy) is 1. The molecular weight excluding hydrogens is 230 g/mol. The summed E-state index contributed by atoms with van der Waals surface area (Å²) in [6.07, 6.45) is 1.23. The molecule has 0 fully saturated rings. The lowest BCUT2D eigenvalue weighted by molar-refractivity contribution is 0.411. The number of nitrogens with one attached hydrogen (secondary N) is 1. The largest absolute Gasteiger partial charge is 0.496 e. The van der Waals surface area contributed by atoms with Crippen molar-refractivity contribution in [2.75, 3.05) is 19.4 Å². The Labute approximate surface area is 109 Å². The first-order valence-corrected chi connectivity index (χ1v) is 7.41. The van der Waals surface area contributed by atoms with Gasteiger partial charge >= 0.3 is 0 Å². The van der Waals surface area contributed by atoms with Crippen molar-refractivity contribution in [3.63, 3.8) is 0 Å². The van der Waals surface area contributed by atoms with E-state index in [0.29, 0.717) is 0 Å². The second-order valence-electron chi connectivity index (χ2n) is 3.98. The van der Waals surface area contributed by atoms with Gasteiger partial charge in [-0.05, 0) is 36.4 Å². The molecule has 0 bridgehead atoms. The van der Waals surface area contributed by atoms with Gasteiger partial charge in [0, 0.05) is 17.9 Å². The molecule has 1 N–H and O–H groups in total. The van der Waals surface area contributed by atoms with Gasteiger partial charge in [0.1, 0.15) is 5.75 Å². The number of methoxy groups -OCH3 is 1. The van der Waals surface area contributed by atoms with E-state index < -0.39 is 0 Å². The van der Waals surface area contributed by atoms with Crippen LogP contribution in [-0.2, 0) is 12.3 Å². The molecule has 0 heterocycles. The van der Waals surface area contributed by atoms with E-state index >= 15 is 0 Å². The molecule has 1 aromatic carbocycles. The fourth-order valence-electron chi connectivity index (χ4n) is 1.65. The average Bonchev–Trinajstić information content (AvgIpc) is 2.37. The highest BCUT2D eigenvalue weighted by atomic mass is 32.2. The summed E-state index contributed by atoms with van der Waals surface area (Å²) in [5, 5.41) is 3.35. The molecule has 3 heteroatoms. The molecular formula is C14H23NOS. The van der Waals surface area contributed by atoms with Crippen molar-refractivity contribution in [1.82, 2.24) is 5.32 Å². The van der Waals surface area contributed by atoms with Crippen molar-refractivity contribution in [3.05, 3.63) is 29.3 Å². The van der Waals surface area contributed by atoms with Gasteiger partial charge in [-0.2, -0.15) is 11.8 Å². The summed E-state index contributed by atoms with van der Waals surface area (Å²) < 4.78 is 5.40. The molecule has 0 radical (unpaired) electrons. The predicted octanol–water partition coefficient (Wildman–Crippen LogP) is 3.45. The van der Waals surface area contributed by atoms with Crippen molar-refractivity contribution in [2.45, 2.75) is 32.6 Å². The lowest BCUT2D eigenvalue weighted by Gasteiger charge is -2.11. The van der Waals surface area contributed by atoms with E-state index in [4.69, 9.17) is 4.74 Å². The van der Waals surface area contributed by atoms with Crippen molar-refractivity contribution in [2.24, 2.45) is 0 Å². The minimum Gasteiger partial charge on any atom is -0.496 e. The Morgan fingerprint density at radius 1 is 1.29 bits per heavy atom. The summed E-state index contributed by atoms with van der Waals surface area (Å²) >= 11 is 1.97. The van der Waals surface area contributed by atoms with Gasteiger partial charge in [0.05, 0.1) is 7.11 Å². The Morgan fingerprint density at radius 2 is 2.12 bits per heavy atom. The summed E-state index contributed by atoms with van der Waals surface area (Å²) in [5.41, 5.74) is 2.64. The van der Waals surface area contributed by atoms with Crippen LogP contribution in [0.1, 0.15) is 31.4 Å². The lowest BCUT2D eigenvalue weighted by atomic mass is 10.1. The molecule has 0 unspecified atom stereocenters. The van der Waals surface area contributed by atoms with Gasteiger partial charge < -0.3 is 10.1 Å². The standard InChI is InChI=1S/C14H23NOS/c1-4-8-17-11-13-9-12(10-15-5-2)6-7-14(13)16-3/h6-7,9,15H,4-5,8,10-11H2,1-3H3. The minimum absolute atomic E-state index is 0.936. The Hall–Kier alpha value is -0.670. The second-order valence-corrected chi connectivity index (χ2v) is 5.08. The van der Waals surface area contributed by atoms with Gasteiger partial charge in [0.15, 0.2) is 0 Å². The fourth-order valence-corrected chi connectivity index (χ4v) is 2.53. The third-order valence-electron chi connectivity index (χ3n) is 2.53. The van der Waals surface area contributed by atoms with Gasteiger partial charge in [0.25, 0.3) is 0 Å². The molecule has 0 saturated carbocycles. The highest BCUT2D eigenvalue weighted by molar-refractivity contribution is 7.98. The quantitative estimate of drug-likeness (QED) is 0.717. The summed E-state index contributed by atoms with van der Waals surface area (Å²) in [4.78, 5) is 0. The van der Waals surface area contributed by atoms with E-state index in [1.807, 2.05) is 11.8 Å². The van der Waals surface area contributed by atoms with Crippen LogP contribution >= 0.6 is 11.8 Å². The second kappa shape index (κ2) is 8.43. The molecule has 1 rings (SSSR count). The molecule has 0 aliphatic carbocycles. The number of hydrogen-bond acceptors (Lipinski definition) is 3. The van der Waals surface area contributed by atoms with Crippen LogP contribution in [0.15, 0.2) is 18.2 Å². The number of thioether (sulfide) groups is 1. The van der Waals surface area contributed by atoms with Crippen LogP contribution in [0.25, 0.3) is 0 Å². The van der Waals surface area contributed by atoms with Crippen LogP contribution in [0.2, 0.25) is 0 Å². The van der Waals surface area contributed by atoms with E-state index in [1.54, 1.807) is 7.11 Å². The first kappa shape index (κ1) is 14.4. The summed E-state index contributed by atoms with van der Waals surface area (Å²) in [6.45, 7) is 6.28. The zero-order valence-electron chi connectivity index (χ0n) is 11.1. The Bertz CT molecular complexity index is 328. The van der Waals surface area contributed by atoms with Crippen LogP contribution in [-0.4, -0.2) is 19.4 Å². The first-order chi connectivity index (χ1) is 8.31. The van der Waals surface area contributed by atoms with E-state index in [0.717, 1.165) is 24.6 Å². The number of hydrogen-bond donors (Lipinski definition) is 1. The van der Waals surface area contributed by atoms with Gasteiger partial charge in [-0.3, -0.25) is 0 Å². The molecule has 1 aromatic rings. The molecule has 0 atom stereocenters. The Morgan fingerprint density at radius 3 is 2.76 bits per heavy atom. The summed E-state index contributed by atoms with van der Waals surface area (Å²) in [6, 6.07) is 6.47. The maximum Gasteiger partial charge on any atom is 0.122 e. The maximum atomic E-state index is 5.40. The summed E-state index contributed by atoms with van der Waals surface area (Å²) in [5.74, 6) is 3.26. The van der Waals surface area contributed by atoms with Crippen molar-refractivity contribution in [3.8, 4) is 5.75 Å². The zero-order valence-corrected chi connectivity index (χ0v) is 11.9. The molecule has 0 amide bonds. The molecule has 96 valence electrons. The molecule has 0 saturated heterocycles. The van der Waals surface area contributed by atoms with E-state index in [1.165, 1.54) is 23.3 Å². The van der Waals surface area contributed by atoms with Crippen molar-refractivity contribution < 1.29 is 4.74 Å². The Balaban J connectivity index is 2.68. The summed E-state index contributed by atoms with van der Waals surface area (Å²) in [7, 11) is 1.74. The van der Waals surface area contributed by atoms with Crippen LogP contribution < -0.4 is 10.1 Å². The monoisotopic (exact) mass is 253 g/mol. The van der Waals surface area contributed by atoms with E-state index in [-0.39, 0.29) is 0 Å². The van der Waals surface area contributed by atoms with Gasteiger partial charge in [0.2, 0.25) is 0 Å². The predicted molar refractivity (Wildman–Crippen MR) is 76.8 cm³/mol. The van der Waals surface area contributed by atoms with Gasteiger partial charge in [-0.25, -0.2) is 0 Å². The van der Waals surface area contributed by atoms with Gasteiger partial charge in [-0.15, -0.1) is 0 Å². The van der Waals surface area contributed by atoms with E-state index in [2.05, 4.69) is 37.4 Å². The SMILES string of the molecule is CCCSCc1cc(CNCC)ccc1OC. The molecule has 0 aliphatic heterocycles. The van der Waals surface area contributed by atoms with Crippen LogP contribution in [0.4, 0.5) is 0 Å². The van der Waals surface area contributed by atoms with Crippen LogP contribution in [0, 0.1) is 0 Å². The third-order valence-corrected chi connectivity index (χ3v) is 3.74. The zero-order chi connectivity index (χ0) is 12.5. The first-order valence-electron chi connectivity index (χ1n) is 6.26. The third kappa shape index (κ3) is 5.00. The minimum atomic E-state index is 0.936. The highest BCUT2D eigenvalue weighted by Crippen LogP contribution is 2.24. The maximum absolute atomic E-state index is 5.40. The molecule has 0 aliphatic rings. The van der Waals surface area contributed by atoms with Crippen LogP contribution in [0.5, 0.6) is 5.75 Å². The molecule has 0 aromatic heterocycles. The average molecular weight is 253 g/mol. The van der Waals surface area contributed by atoms with Crippen molar-refractivity contribution >= 4 is 11.8 Å². The van der Waals surface area contributed by atoms with Crippen LogP contribution in [0.3, 0.4) is 0 Å². The topological polar surface area (TPSA) is 21.3 Å². The number of rotatable bonds is 8. The van der Waals surface area contributed by atoms with Crippen molar-refractivity contribution in [1.29, 1.82) is 0 Å². The fraction of sp³-hybridized carbons (Fsp3) is 0.571. The lowest BCUT2D eigenvalue weighted by Crippen LogP contribution is -2.11. The molecule has 0 spiro atoms. The Kier molecular flexibility index (Phi) is 7.13. The smallest absolute Gasteiger partial charge is 0.122 e. The normalized spacial score (nSPS) is 10.5.